The van der Waals surface area contributed by atoms with Crippen molar-refractivity contribution in [2.75, 3.05) is 4.72 Å². The molecule has 134 valence electrons. The molecule has 0 atom stereocenters. The SMILES string of the molecule is O=S(=O)(Nc1ccc(F)c(Cl)c1)c1ccc(Oc2ccc(Br)cc2)cc1. The average molecular weight is 457 g/mol. The average Bonchev–Trinajstić information content (AvgIpc) is 2.60. The molecule has 1 N–H and O–H groups in total. The molecular formula is C18H12BrClFNO3S. The zero-order chi connectivity index (χ0) is 18.7. The molecule has 26 heavy (non-hydrogen) atoms. The lowest BCUT2D eigenvalue weighted by Gasteiger charge is -2.10. The van der Waals surface area contributed by atoms with E-state index in [2.05, 4.69) is 20.7 Å². The van der Waals surface area contributed by atoms with Crippen LogP contribution in [0.25, 0.3) is 0 Å². The van der Waals surface area contributed by atoms with Gasteiger partial charge in [-0.1, -0.05) is 27.5 Å². The van der Waals surface area contributed by atoms with Crippen LogP contribution < -0.4 is 9.46 Å². The second-order valence-corrected chi connectivity index (χ2v) is 8.27. The summed E-state index contributed by atoms with van der Waals surface area (Å²) in [5.41, 5.74) is 0.173. The fourth-order valence-electron chi connectivity index (χ4n) is 2.10. The summed E-state index contributed by atoms with van der Waals surface area (Å²) in [5, 5.41) is -0.163. The molecule has 0 unspecified atom stereocenters. The monoisotopic (exact) mass is 455 g/mol. The first-order chi connectivity index (χ1) is 12.3. The van der Waals surface area contributed by atoms with Gasteiger partial charge in [-0.2, -0.15) is 0 Å². The van der Waals surface area contributed by atoms with Gasteiger partial charge in [0, 0.05) is 4.47 Å². The van der Waals surface area contributed by atoms with Gasteiger partial charge in [-0.25, -0.2) is 12.8 Å². The van der Waals surface area contributed by atoms with E-state index in [0.717, 1.165) is 10.5 Å². The molecule has 0 aliphatic carbocycles. The molecule has 0 spiro atoms. The van der Waals surface area contributed by atoms with E-state index in [1.54, 1.807) is 24.3 Å². The van der Waals surface area contributed by atoms with Crippen molar-refractivity contribution in [2.45, 2.75) is 4.90 Å². The van der Waals surface area contributed by atoms with Gasteiger partial charge in [0.25, 0.3) is 10.0 Å². The highest BCUT2D eigenvalue weighted by atomic mass is 79.9. The highest BCUT2D eigenvalue weighted by Gasteiger charge is 2.15. The number of anilines is 1. The van der Waals surface area contributed by atoms with Crippen LogP contribution in [-0.2, 0) is 10.0 Å². The number of halogens is 3. The molecule has 3 aromatic carbocycles. The summed E-state index contributed by atoms with van der Waals surface area (Å²) in [6.45, 7) is 0. The Bertz CT molecular complexity index is 1030. The van der Waals surface area contributed by atoms with E-state index in [1.807, 2.05) is 12.1 Å². The van der Waals surface area contributed by atoms with Crippen molar-refractivity contribution in [1.29, 1.82) is 0 Å². The summed E-state index contributed by atoms with van der Waals surface area (Å²) in [5.74, 6) is 0.503. The predicted molar refractivity (Wildman–Crippen MR) is 103 cm³/mol. The third kappa shape index (κ3) is 4.55. The molecule has 3 rings (SSSR count). The van der Waals surface area contributed by atoms with Crippen LogP contribution >= 0.6 is 27.5 Å². The minimum atomic E-state index is -3.83. The van der Waals surface area contributed by atoms with E-state index in [0.29, 0.717) is 11.5 Å². The molecule has 0 aliphatic heterocycles. The topological polar surface area (TPSA) is 55.4 Å². The Hall–Kier alpha value is -2.09. The van der Waals surface area contributed by atoms with Gasteiger partial charge in [0.15, 0.2) is 0 Å². The van der Waals surface area contributed by atoms with Crippen LogP contribution in [0.3, 0.4) is 0 Å². The van der Waals surface area contributed by atoms with Gasteiger partial charge in [-0.3, -0.25) is 4.72 Å². The maximum absolute atomic E-state index is 13.2. The first kappa shape index (κ1) is 18.7. The molecule has 0 fully saturated rings. The number of rotatable bonds is 5. The molecule has 3 aromatic rings. The first-order valence-corrected chi connectivity index (χ1v) is 10.0. The zero-order valence-corrected chi connectivity index (χ0v) is 16.3. The lowest BCUT2D eigenvalue weighted by molar-refractivity contribution is 0.482. The van der Waals surface area contributed by atoms with Crippen molar-refractivity contribution in [2.24, 2.45) is 0 Å². The Morgan fingerprint density at radius 2 is 1.50 bits per heavy atom. The smallest absolute Gasteiger partial charge is 0.261 e. The number of benzene rings is 3. The van der Waals surface area contributed by atoms with E-state index in [9.17, 15) is 12.8 Å². The minimum Gasteiger partial charge on any atom is -0.457 e. The Kier molecular flexibility index (Phi) is 5.50. The summed E-state index contributed by atoms with van der Waals surface area (Å²) >= 11 is 9.01. The minimum absolute atomic E-state index is 0.0427. The fraction of sp³-hybridized carbons (Fsp3) is 0. The lowest BCUT2D eigenvalue weighted by Crippen LogP contribution is -2.12. The standard InChI is InChI=1S/C18H12BrClFNO3S/c19-12-1-4-14(5-2-12)25-15-6-8-16(9-7-15)26(23,24)22-13-3-10-18(21)17(20)11-13/h1-11,22H. The summed E-state index contributed by atoms with van der Waals surface area (Å²) in [6.07, 6.45) is 0. The summed E-state index contributed by atoms with van der Waals surface area (Å²) in [6, 6.07) is 16.8. The molecule has 0 radical (unpaired) electrons. The molecule has 0 aliphatic rings. The van der Waals surface area contributed by atoms with E-state index in [4.69, 9.17) is 16.3 Å². The Balaban J connectivity index is 1.75. The Morgan fingerprint density at radius 1 is 0.923 bits per heavy atom. The number of hydrogen-bond acceptors (Lipinski definition) is 3. The molecular weight excluding hydrogens is 445 g/mol. The van der Waals surface area contributed by atoms with E-state index in [-0.39, 0.29) is 15.6 Å². The molecule has 4 nitrogen and oxygen atoms in total. The van der Waals surface area contributed by atoms with Gasteiger partial charge in [0.2, 0.25) is 0 Å². The van der Waals surface area contributed by atoms with Crippen LogP contribution in [0.15, 0.2) is 76.1 Å². The highest BCUT2D eigenvalue weighted by Crippen LogP contribution is 2.26. The maximum Gasteiger partial charge on any atom is 0.261 e. The number of nitrogens with one attached hydrogen (secondary N) is 1. The van der Waals surface area contributed by atoms with Crippen molar-refractivity contribution in [3.05, 3.63) is 82.0 Å². The lowest BCUT2D eigenvalue weighted by atomic mass is 10.3. The quantitative estimate of drug-likeness (QED) is 0.525. The van der Waals surface area contributed by atoms with Crippen molar-refractivity contribution in [3.63, 3.8) is 0 Å². The predicted octanol–water partition coefficient (Wildman–Crippen LogP) is 5.83. The normalized spacial score (nSPS) is 11.2. The van der Waals surface area contributed by atoms with Crippen LogP contribution in [0.2, 0.25) is 5.02 Å². The molecule has 0 bridgehead atoms. The van der Waals surface area contributed by atoms with E-state index >= 15 is 0 Å². The zero-order valence-electron chi connectivity index (χ0n) is 13.1. The number of sulfonamides is 1. The van der Waals surface area contributed by atoms with Crippen molar-refractivity contribution in [1.82, 2.24) is 0 Å². The van der Waals surface area contributed by atoms with Crippen LogP contribution in [0, 0.1) is 5.82 Å². The first-order valence-electron chi connectivity index (χ1n) is 7.35. The maximum atomic E-state index is 13.2. The van der Waals surface area contributed by atoms with Crippen molar-refractivity contribution >= 4 is 43.2 Å². The van der Waals surface area contributed by atoms with E-state index in [1.165, 1.54) is 24.3 Å². The largest absolute Gasteiger partial charge is 0.457 e. The van der Waals surface area contributed by atoms with Gasteiger partial charge < -0.3 is 4.74 Å². The Morgan fingerprint density at radius 3 is 2.08 bits per heavy atom. The third-order valence-corrected chi connectivity index (χ3v) is 5.57. The van der Waals surface area contributed by atoms with Gasteiger partial charge in [0.05, 0.1) is 15.6 Å². The molecule has 0 heterocycles. The fourth-order valence-corrected chi connectivity index (χ4v) is 3.59. The van der Waals surface area contributed by atoms with Crippen molar-refractivity contribution in [3.8, 4) is 11.5 Å². The highest BCUT2D eigenvalue weighted by molar-refractivity contribution is 9.10. The molecule has 0 saturated carbocycles. The summed E-state index contributed by atoms with van der Waals surface area (Å²) < 4.78 is 46.9. The molecule has 0 aromatic heterocycles. The van der Waals surface area contributed by atoms with Crippen LogP contribution in [-0.4, -0.2) is 8.42 Å². The van der Waals surface area contributed by atoms with Crippen molar-refractivity contribution < 1.29 is 17.5 Å². The van der Waals surface area contributed by atoms with Gasteiger partial charge in [-0.15, -0.1) is 0 Å². The Labute approximate surface area is 163 Å². The molecule has 8 heteroatoms. The summed E-state index contributed by atoms with van der Waals surface area (Å²) in [4.78, 5) is 0.0427. The number of hydrogen-bond donors (Lipinski definition) is 1. The molecule has 0 saturated heterocycles. The number of ether oxygens (including phenoxy) is 1. The third-order valence-electron chi connectivity index (χ3n) is 3.36. The van der Waals surface area contributed by atoms with Crippen LogP contribution in [0.1, 0.15) is 0 Å². The van der Waals surface area contributed by atoms with Crippen LogP contribution in [0.5, 0.6) is 11.5 Å². The second-order valence-electron chi connectivity index (χ2n) is 5.26. The van der Waals surface area contributed by atoms with Gasteiger partial charge in [0.1, 0.15) is 17.3 Å². The van der Waals surface area contributed by atoms with Gasteiger partial charge in [-0.05, 0) is 66.7 Å². The van der Waals surface area contributed by atoms with Crippen LogP contribution in [0.4, 0.5) is 10.1 Å². The van der Waals surface area contributed by atoms with Gasteiger partial charge >= 0.3 is 0 Å². The van der Waals surface area contributed by atoms with E-state index < -0.39 is 15.8 Å². The molecule has 0 amide bonds. The second kappa shape index (κ2) is 7.65. The summed E-state index contributed by atoms with van der Waals surface area (Å²) in [7, 11) is -3.83.